The van der Waals surface area contributed by atoms with Crippen LogP contribution in [0.25, 0.3) is 22.6 Å². The van der Waals surface area contributed by atoms with Crippen LogP contribution >= 0.6 is 0 Å². The maximum absolute atomic E-state index is 13.5. The van der Waals surface area contributed by atoms with Crippen molar-refractivity contribution in [1.29, 1.82) is 0 Å². The fourth-order valence-electron chi connectivity index (χ4n) is 4.09. The molecule has 0 spiro atoms. The number of ether oxygens (including phenoxy) is 1. The first-order valence-electron chi connectivity index (χ1n) is 10.7. The molecule has 2 aromatic carbocycles. The predicted octanol–water partition coefficient (Wildman–Crippen LogP) is 6.51. The third-order valence-corrected chi connectivity index (χ3v) is 5.67. The van der Waals surface area contributed by atoms with Gasteiger partial charge in [0.25, 0.3) is 0 Å². The zero-order valence-corrected chi connectivity index (χ0v) is 17.1. The van der Waals surface area contributed by atoms with Crippen LogP contribution in [-0.4, -0.2) is 19.9 Å². The molecule has 0 unspecified atom stereocenters. The Balaban J connectivity index is 1.54. The van der Waals surface area contributed by atoms with E-state index >= 15 is 0 Å². The number of para-hydroxylation sites is 1. The molecule has 1 aliphatic carbocycles. The van der Waals surface area contributed by atoms with Crippen molar-refractivity contribution < 1.29 is 9.13 Å². The molecule has 0 bridgehead atoms. The standard InChI is InChI=1S/C25H23FN4O/c26-19-13-11-17(12-14-19)22-23(30-24(29-22)18-7-3-1-4-8-18)21-15-16-27-25(28-21)31-20-9-5-2-6-10-20/h2,5-6,9-16,18H,1,3-4,7-8H2,(H,29,30). The Morgan fingerprint density at radius 1 is 0.871 bits per heavy atom. The first kappa shape index (κ1) is 19.4. The van der Waals surface area contributed by atoms with Gasteiger partial charge in [-0.15, -0.1) is 0 Å². The van der Waals surface area contributed by atoms with Crippen molar-refractivity contribution in [2.45, 2.75) is 38.0 Å². The molecule has 0 atom stereocenters. The van der Waals surface area contributed by atoms with Gasteiger partial charge in [0.05, 0.1) is 17.1 Å². The average molecular weight is 414 g/mol. The van der Waals surface area contributed by atoms with Crippen LogP contribution in [0.15, 0.2) is 66.9 Å². The van der Waals surface area contributed by atoms with E-state index in [1.54, 1.807) is 18.3 Å². The molecule has 0 radical (unpaired) electrons. The van der Waals surface area contributed by atoms with Gasteiger partial charge in [-0.1, -0.05) is 37.5 Å². The van der Waals surface area contributed by atoms with Gasteiger partial charge >= 0.3 is 6.01 Å². The second-order valence-corrected chi connectivity index (χ2v) is 7.83. The fourth-order valence-corrected chi connectivity index (χ4v) is 4.09. The molecule has 1 fully saturated rings. The lowest BCUT2D eigenvalue weighted by atomic mass is 9.89. The summed E-state index contributed by atoms with van der Waals surface area (Å²) in [5.74, 6) is 1.78. The van der Waals surface area contributed by atoms with Crippen LogP contribution in [0.4, 0.5) is 4.39 Å². The van der Waals surface area contributed by atoms with Crippen molar-refractivity contribution in [2.24, 2.45) is 0 Å². The molecular weight excluding hydrogens is 391 g/mol. The molecule has 1 N–H and O–H groups in total. The van der Waals surface area contributed by atoms with Crippen molar-refractivity contribution in [3.8, 4) is 34.4 Å². The molecule has 2 heterocycles. The maximum atomic E-state index is 13.5. The largest absolute Gasteiger partial charge is 0.424 e. The summed E-state index contributed by atoms with van der Waals surface area (Å²) in [6.45, 7) is 0. The van der Waals surface area contributed by atoms with E-state index in [4.69, 9.17) is 9.72 Å². The van der Waals surface area contributed by atoms with Gasteiger partial charge in [0, 0.05) is 17.7 Å². The Labute approximate surface area is 180 Å². The third-order valence-electron chi connectivity index (χ3n) is 5.67. The number of hydrogen-bond donors (Lipinski definition) is 1. The highest BCUT2D eigenvalue weighted by Gasteiger charge is 2.23. The van der Waals surface area contributed by atoms with E-state index in [1.807, 2.05) is 36.4 Å². The summed E-state index contributed by atoms with van der Waals surface area (Å²) in [6, 6.07) is 18.0. The molecule has 31 heavy (non-hydrogen) atoms. The molecule has 0 amide bonds. The molecule has 1 aliphatic rings. The van der Waals surface area contributed by atoms with E-state index in [-0.39, 0.29) is 11.8 Å². The number of hydrogen-bond acceptors (Lipinski definition) is 4. The van der Waals surface area contributed by atoms with Crippen molar-refractivity contribution in [3.05, 3.63) is 78.5 Å². The summed E-state index contributed by atoms with van der Waals surface area (Å²) in [6.07, 6.45) is 7.64. The number of halogens is 1. The van der Waals surface area contributed by atoms with Crippen molar-refractivity contribution in [1.82, 2.24) is 19.9 Å². The second kappa shape index (κ2) is 8.68. The topological polar surface area (TPSA) is 63.7 Å². The molecule has 5 rings (SSSR count). The monoisotopic (exact) mass is 414 g/mol. The average Bonchev–Trinajstić information content (AvgIpc) is 3.27. The van der Waals surface area contributed by atoms with Crippen molar-refractivity contribution in [3.63, 3.8) is 0 Å². The summed E-state index contributed by atoms with van der Waals surface area (Å²) in [5.41, 5.74) is 3.10. The summed E-state index contributed by atoms with van der Waals surface area (Å²) < 4.78 is 19.3. The lowest BCUT2D eigenvalue weighted by Crippen LogP contribution is -2.06. The molecule has 1 saturated carbocycles. The van der Waals surface area contributed by atoms with E-state index in [2.05, 4.69) is 15.0 Å². The fraction of sp³-hybridized carbons (Fsp3) is 0.240. The Morgan fingerprint density at radius 3 is 2.42 bits per heavy atom. The van der Waals surface area contributed by atoms with Gasteiger partial charge in [-0.25, -0.2) is 14.4 Å². The highest BCUT2D eigenvalue weighted by Crippen LogP contribution is 2.36. The van der Waals surface area contributed by atoms with Gasteiger partial charge in [-0.05, 0) is 55.3 Å². The normalized spacial score (nSPS) is 14.5. The number of H-pyrrole nitrogens is 1. The van der Waals surface area contributed by atoms with Crippen LogP contribution in [0.1, 0.15) is 43.8 Å². The van der Waals surface area contributed by atoms with Crippen LogP contribution in [-0.2, 0) is 0 Å². The van der Waals surface area contributed by atoms with Gasteiger partial charge in [0.1, 0.15) is 17.4 Å². The number of imidazole rings is 1. The number of benzene rings is 2. The molecule has 5 nitrogen and oxygen atoms in total. The molecule has 0 aliphatic heterocycles. The van der Waals surface area contributed by atoms with Crippen LogP contribution in [0.2, 0.25) is 0 Å². The number of aromatic amines is 1. The Hall–Kier alpha value is -3.54. The molecule has 2 aromatic heterocycles. The predicted molar refractivity (Wildman–Crippen MR) is 117 cm³/mol. The summed E-state index contributed by atoms with van der Waals surface area (Å²) in [7, 11) is 0. The van der Waals surface area contributed by atoms with Crippen LogP contribution in [0.3, 0.4) is 0 Å². The first-order chi connectivity index (χ1) is 15.3. The molecule has 6 heteroatoms. The minimum Gasteiger partial charge on any atom is -0.424 e. The van der Waals surface area contributed by atoms with Gasteiger partial charge in [0.2, 0.25) is 0 Å². The Kier molecular flexibility index (Phi) is 5.44. The zero-order valence-electron chi connectivity index (χ0n) is 17.1. The van der Waals surface area contributed by atoms with Gasteiger partial charge in [-0.3, -0.25) is 0 Å². The number of aromatic nitrogens is 4. The Morgan fingerprint density at radius 2 is 1.65 bits per heavy atom. The van der Waals surface area contributed by atoms with Crippen LogP contribution in [0, 0.1) is 5.82 Å². The highest BCUT2D eigenvalue weighted by atomic mass is 19.1. The van der Waals surface area contributed by atoms with Gasteiger partial charge < -0.3 is 9.72 Å². The minimum atomic E-state index is -0.270. The highest BCUT2D eigenvalue weighted by molar-refractivity contribution is 5.76. The minimum absolute atomic E-state index is 0.266. The summed E-state index contributed by atoms with van der Waals surface area (Å²) >= 11 is 0. The summed E-state index contributed by atoms with van der Waals surface area (Å²) in [4.78, 5) is 17.3. The zero-order chi connectivity index (χ0) is 21.0. The van der Waals surface area contributed by atoms with E-state index < -0.39 is 0 Å². The van der Waals surface area contributed by atoms with Crippen molar-refractivity contribution in [2.75, 3.05) is 0 Å². The molecule has 0 saturated heterocycles. The van der Waals surface area contributed by atoms with Gasteiger partial charge in [0.15, 0.2) is 0 Å². The molecule has 4 aromatic rings. The lowest BCUT2D eigenvalue weighted by molar-refractivity contribution is 0.431. The summed E-state index contributed by atoms with van der Waals surface area (Å²) in [5, 5.41) is 0. The maximum Gasteiger partial charge on any atom is 0.322 e. The van der Waals surface area contributed by atoms with Gasteiger partial charge in [-0.2, -0.15) is 4.98 Å². The van der Waals surface area contributed by atoms with E-state index in [9.17, 15) is 4.39 Å². The van der Waals surface area contributed by atoms with Crippen LogP contribution < -0.4 is 4.74 Å². The quantitative estimate of drug-likeness (QED) is 0.404. The van der Waals surface area contributed by atoms with E-state index in [0.29, 0.717) is 17.4 Å². The van der Waals surface area contributed by atoms with Crippen LogP contribution in [0.5, 0.6) is 11.8 Å². The van der Waals surface area contributed by atoms with Crippen molar-refractivity contribution >= 4 is 0 Å². The molecule has 156 valence electrons. The third kappa shape index (κ3) is 4.33. The number of rotatable bonds is 5. The Bertz CT molecular complexity index is 1150. The SMILES string of the molecule is Fc1ccc(-c2nc(C3CCCCC3)[nH]c2-c2ccnc(Oc3ccccc3)n2)cc1. The first-order valence-corrected chi connectivity index (χ1v) is 10.7. The lowest BCUT2D eigenvalue weighted by Gasteiger charge is -2.19. The second-order valence-electron chi connectivity index (χ2n) is 7.83. The van der Waals surface area contributed by atoms with E-state index in [0.717, 1.165) is 35.6 Å². The van der Waals surface area contributed by atoms with E-state index in [1.165, 1.54) is 31.4 Å². The molecular formula is C25H23FN4O. The number of nitrogens with zero attached hydrogens (tertiary/aromatic N) is 3. The smallest absolute Gasteiger partial charge is 0.322 e. The number of nitrogens with one attached hydrogen (secondary N) is 1.